The van der Waals surface area contributed by atoms with Crippen LogP contribution in [0.3, 0.4) is 0 Å². The Bertz CT molecular complexity index is 1890. The molecule has 0 amide bonds. The molecule has 0 bridgehead atoms. The highest BCUT2D eigenvalue weighted by atomic mass is 32.2. The van der Waals surface area contributed by atoms with E-state index in [2.05, 4.69) is 35.2 Å². The smallest absolute Gasteiger partial charge is 0.406 e. The Morgan fingerprint density at radius 3 is 2.65 bits per heavy atom. The maximum Gasteiger partial charge on any atom is 0.573 e. The second-order valence-corrected chi connectivity index (χ2v) is 11.7. The highest BCUT2D eigenvalue weighted by molar-refractivity contribution is 7.92. The van der Waals surface area contributed by atoms with Crippen molar-refractivity contribution in [3.63, 3.8) is 0 Å². The number of fused-ring (bicyclic) bond motifs is 2. The Hall–Kier alpha value is -4.50. The minimum atomic E-state index is -4.89. The number of aromatic nitrogens is 5. The molecule has 0 radical (unpaired) electrons. The standard InChI is InChI=1S/C28H27F3N8O3S/c1-2-17-12-18(13-19-14-33-27(37-25(17)19)36-20-4-3-11-32-15-20)23-9-10-24-26(34-16-35-39(23)24)38-43(40,41)22-7-5-21(6-8-22)42-28(29,30)31/h5-10,12-14,16,20,32H,2-4,11,15H2,1H3,(H,33,36,37)(H,34,35,38)/t20-/m0/s1. The molecule has 1 atom stereocenters. The van der Waals surface area contributed by atoms with E-state index in [1.807, 2.05) is 19.1 Å². The maximum absolute atomic E-state index is 13.0. The molecule has 1 saturated heterocycles. The lowest BCUT2D eigenvalue weighted by Gasteiger charge is -2.23. The predicted octanol–water partition coefficient (Wildman–Crippen LogP) is 4.77. The molecule has 3 aromatic heterocycles. The average molecular weight is 613 g/mol. The number of rotatable bonds is 8. The third-order valence-electron chi connectivity index (χ3n) is 7.12. The zero-order valence-corrected chi connectivity index (χ0v) is 23.7. The summed E-state index contributed by atoms with van der Waals surface area (Å²) < 4.78 is 71.3. The van der Waals surface area contributed by atoms with Crippen LogP contribution in [0.25, 0.3) is 27.7 Å². The number of sulfonamides is 1. The summed E-state index contributed by atoms with van der Waals surface area (Å²) in [5.74, 6) is 0.0574. The fourth-order valence-corrected chi connectivity index (χ4v) is 6.13. The summed E-state index contributed by atoms with van der Waals surface area (Å²) >= 11 is 0. The van der Waals surface area contributed by atoms with Gasteiger partial charge in [0.25, 0.3) is 10.0 Å². The van der Waals surface area contributed by atoms with Crippen LogP contribution in [0, 0.1) is 0 Å². The Kier molecular flexibility index (Phi) is 7.52. The van der Waals surface area contributed by atoms with Crippen LogP contribution in [0.15, 0.2) is 66.0 Å². The Morgan fingerprint density at radius 1 is 1.12 bits per heavy atom. The van der Waals surface area contributed by atoms with Crippen molar-refractivity contribution in [3.8, 4) is 17.0 Å². The topological polar surface area (TPSA) is 135 Å². The van der Waals surface area contributed by atoms with Gasteiger partial charge in [0.1, 0.15) is 17.6 Å². The number of hydrogen-bond acceptors (Lipinski definition) is 9. The fraction of sp³-hybridized carbons (Fsp3) is 0.286. The minimum Gasteiger partial charge on any atom is -0.406 e. The van der Waals surface area contributed by atoms with Gasteiger partial charge in [-0.3, -0.25) is 4.72 Å². The number of hydrogen-bond donors (Lipinski definition) is 3. The van der Waals surface area contributed by atoms with E-state index in [0.717, 1.165) is 78.6 Å². The minimum absolute atomic E-state index is 0.00428. The van der Waals surface area contributed by atoms with E-state index in [0.29, 0.717) is 17.2 Å². The first kappa shape index (κ1) is 28.6. The van der Waals surface area contributed by atoms with Gasteiger partial charge < -0.3 is 15.4 Å². The van der Waals surface area contributed by atoms with Crippen molar-refractivity contribution in [2.45, 2.75) is 43.5 Å². The molecule has 11 nitrogen and oxygen atoms in total. The fourth-order valence-electron chi connectivity index (χ4n) is 5.10. The van der Waals surface area contributed by atoms with Crippen molar-refractivity contribution in [1.29, 1.82) is 0 Å². The van der Waals surface area contributed by atoms with E-state index in [-0.39, 0.29) is 16.8 Å². The molecule has 15 heteroatoms. The summed E-state index contributed by atoms with van der Waals surface area (Å²) in [4.78, 5) is 13.2. The highest BCUT2D eigenvalue weighted by Gasteiger charge is 2.31. The lowest BCUT2D eigenvalue weighted by atomic mass is 10.0. The van der Waals surface area contributed by atoms with Gasteiger partial charge in [0, 0.05) is 29.7 Å². The number of benzene rings is 2. The second-order valence-electron chi connectivity index (χ2n) is 10.1. The third-order valence-corrected chi connectivity index (χ3v) is 8.47. The number of ether oxygens (including phenoxy) is 1. The first-order valence-corrected chi connectivity index (χ1v) is 15.1. The van der Waals surface area contributed by atoms with E-state index in [9.17, 15) is 21.6 Å². The zero-order chi connectivity index (χ0) is 30.2. The number of halogens is 3. The van der Waals surface area contributed by atoms with Crippen molar-refractivity contribution in [2.75, 3.05) is 23.1 Å². The van der Waals surface area contributed by atoms with E-state index < -0.39 is 22.1 Å². The van der Waals surface area contributed by atoms with Gasteiger partial charge in [-0.1, -0.05) is 6.92 Å². The van der Waals surface area contributed by atoms with Gasteiger partial charge in [0.05, 0.1) is 16.1 Å². The first-order valence-electron chi connectivity index (χ1n) is 13.6. The molecule has 2 aromatic carbocycles. The van der Waals surface area contributed by atoms with Crippen molar-refractivity contribution < 1.29 is 26.3 Å². The van der Waals surface area contributed by atoms with Gasteiger partial charge in [-0.25, -0.2) is 27.9 Å². The molecule has 0 aliphatic carbocycles. The number of aryl methyl sites for hydroxylation is 1. The number of piperidine rings is 1. The summed E-state index contributed by atoms with van der Waals surface area (Å²) in [7, 11) is -4.19. The van der Waals surface area contributed by atoms with Crippen molar-refractivity contribution in [2.24, 2.45) is 0 Å². The molecule has 43 heavy (non-hydrogen) atoms. The van der Waals surface area contributed by atoms with Gasteiger partial charge in [-0.05, 0) is 79.9 Å². The largest absolute Gasteiger partial charge is 0.573 e. The van der Waals surface area contributed by atoms with Crippen LogP contribution in [0.4, 0.5) is 24.9 Å². The molecule has 0 spiro atoms. The van der Waals surface area contributed by atoms with Crippen LogP contribution < -0.4 is 20.1 Å². The van der Waals surface area contributed by atoms with Gasteiger partial charge >= 0.3 is 6.36 Å². The van der Waals surface area contributed by atoms with E-state index >= 15 is 0 Å². The Balaban J connectivity index is 1.29. The molecule has 1 fully saturated rings. The molecule has 1 aliphatic rings. The van der Waals surface area contributed by atoms with Crippen molar-refractivity contribution >= 4 is 38.2 Å². The monoisotopic (exact) mass is 612 g/mol. The lowest BCUT2D eigenvalue weighted by Crippen LogP contribution is -2.38. The maximum atomic E-state index is 13.0. The number of anilines is 2. The predicted molar refractivity (Wildman–Crippen MR) is 154 cm³/mol. The van der Waals surface area contributed by atoms with Crippen molar-refractivity contribution in [3.05, 3.63) is 66.6 Å². The van der Waals surface area contributed by atoms with Crippen LogP contribution in [-0.2, 0) is 16.4 Å². The Morgan fingerprint density at radius 2 is 1.93 bits per heavy atom. The van der Waals surface area contributed by atoms with Gasteiger partial charge in [0.2, 0.25) is 5.95 Å². The number of nitrogens with zero attached hydrogens (tertiary/aromatic N) is 5. The second kappa shape index (κ2) is 11.3. The van der Waals surface area contributed by atoms with E-state index in [1.165, 1.54) is 6.33 Å². The molecule has 0 saturated carbocycles. The van der Waals surface area contributed by atoms with Crippen LogP contribution in [-0.4, -0.2) is 58.5 Å². The molecular formula is C28H27F3N8O3S. The first-order chi connectivity index (χ1) is 20.6. The summed E-state index contributed by atoms with van der Waals surface area (Å²) in [5, 5.41) is 12.0. The molecule has 4 heterocycles. The van der Waals surface area contributed by atoms with E-state index in [4.69, 9.17) is 4.98 Å². The number of nitrogens with one attached hydrogen (secondary N) is 3. The van der Waals surface area contributed by atoms with Gasteiger partial charge in [0.15, 0.2) is 5.82 Å². The van der Waals surface area contributed by atoms with Gasteiger partial charge in [-0.15, -0.1) is 13.2 Å². The lowest BCUT2D eigenvalue weighted by molar-refractivity contribution is -0.274. The van der Waals surface area contributed by atoms with E-state index in [1.54, 1.807) is 22.8 Å². The Labute approximate surface area is 244 Å². The average Bonchev–Trinajstić information content (AvgIpc) is 3.42. The summed E-state index contributed by atoms with van der Waals surface area (Å²) in [6, 6.07) is 11.6. The molecule has 0 unspecified atom stereocenters. The normalized spacial score (nSPS) is 16.0. The molecule has 1 aliphatic heterocycles. The highest BCUT2D eigenvalue weighted by Crippen LogP contribution is 2.31. The quantitative estimate of drug-likeness (QED) is 0.227. The van der Waals surface area contributed by atoms with Gasteiger partial charge in [-0.2, -0.15) is 5.10 Å². The summed E-state index contributed by atoms with van der Waals surface area (Å²) in [5.41, 5.74) is 3.77. The van der Waals surface area contributed by atoms with Crippen molar-refractivity contribution in [1.82, 2.24) is 29.9 Å². The van der Waals surface area contributed by atoms with Crippen LogP contribution >= 0.6 is 0 Å². The summed E-state index contributed by atoms with van der Waals surface area (Å²) in [6.45, 7) is 3.93. The zero-order valence-electron chi connectivity index (χ0n) is 22.9. The SMILES string of the molecule is CCc1cc(-c2ccc3c(NS(=O)(=O)c4ccc(OC(F)(F)F)cc4)ncnn23)cc2cnc(N[C@H]3CCCNC3)nc12. The number of alkyl halides is 3. The van der Waals surface area contributed by atoms with Crippen LogP contribution in [0.2, 0.25) is 0 Å². The molecule has 5 aromatic rings. The summed E-state index contributed by atoms with van der Waals surface area (Å²) in [6.07, 6.45) is 0.998. The molecule has 3 N–H and O–H groups in total. The molecule has 224 valence electrons. The van der Waals surface area contributed by atoms with Crippen LogP contribution in [0.1, 0.15) is 25.3 Å². The third kappa shape index (κ3) is 6.17. The van der Waals surface area contributed by atoms with Crippen LogP contribution in [0.5, 0.6) is 5.75 Å². The molecular weight excluding hydrogens is 585 g/mol. The molecule has 6 rings (SSSR count).